The molecule has 1 atom stereocenters. The molecule has 0 aromatic heterocycles. The highest BCUT2D eigenvalue weighted by molar-refractivity contribution is 4.63. The summed E-state index contributed by atoms with van der Waals surface area (Å²) in [6.45, 7) is 5.56. The Bertz CT molecular complexity index is 66.3. The lowest BCUT2D eigenvalue weighted by Gasteiger charge is -2.13. The third-order valence-electron chi connectivity index (χ3n) is 1.54. The Kier molecular flexibility index (Phi) is 6.98. The Balaban J connectivity index is 3.21. The maximum atomic E-state index is 8.82. The first-order chi connectivity index (χ1) is 4.85. The van der Waals surface area contributed by atoms with E-state index in [0.717, 1.165) is 25.8 Å². The number of nitrogens with one attached hydrogen (secondary N) is 1. The second kappa shape index (κ2) is 7.03. The van der Waals surface area contributed by atoms with Crippen molar-refractivity contribution in [3.8, 4) is 0 Å². The number of aliphatic hydroxyl groups is 1. The molecule has 0 heterocycles. The molecule has 0 radical (unpaired) electrons. The zero-order chi connectivity index (χ0) is 7.82. The summed E-state index contributed by atoms with van der Waals surface area (Å²) < 4.78 is 0. The van der Waals surface area contributed by atoms with Crippen molar-refractivity contribution in [3.63, 3.8) is 0 Å². The summed E-state index contributed by atoms with van der Waals surface area (Å²) in [6.07, 6.45) is 3.36. The fourth-order valence-electron chi connectivity index (χ4n) is 0.955. The van der Waals surface area contributed by atoms with Gasteiger partial charge in [0.2, 0.25) is 0 Å². The van der Waals surface area contributed by atoms with E-state index < -0.39 is 0 Å². The molecule has 0 aliphatic heterocycles. The van der Waals surface area contributed by atoms with E-state index in [0.29, 0.717) is 6.04 Å². The highest BCUT2D eigenvalue weighted by Crippen LogP contribution is 1.94. The van der Waals surface area contributed by atoms with Crippen LogP contribution in [0.3, 0.4) is 0 Å². The first kappa shape index (κ1) is 9.92. The SMILES string of the molecule is CCCNC(CO)CCC. The number of rotatable bonds is 6. The summed E-state index contributed by atoms with van der Waals surface area (Å²) in [7, 11) is 0. The lowest BCUT2D eigenvalue weighted by Crippen LogP contribution is -2.32. The third-order valence-corrected chi connectivity index (χ3v) is 1.54. The van der Waals surface area contributed by atoms with Crippen LogP contribution < -0.4 is 5.32 Å². The van der Waals surface area contributed by atoms with Crippen molar-refractivity contribution in [3.05, 3.63) is 0 Å². The summed E-state index contributed by atoms with van der Waals surface area (Å²) in [5, 5.41) is 12.1. The van der Waals surface area contributed by atoms with Crippen molar-refractivity contribution < 1.29 is 5.11 Å². The van der Waals surface area contributed by atoms with Crippen LogP contribution in [0, 0.1) is 0 Å². The van der Waals surface area contributed by atoms with Crippen LogP contribution in [0.25, 0.3) is 0 Å². The predicted octanol–water partition coefficient (Wildman–Crippen LogP) is 1.15. The molecule has 2 N–H and O–H groups in total. The fraction of sp³-hybridized carbons (Fsp3) is 1.00. The highest BCUT2D eigenvalue weighted by Gasteiger charge is 2.02. The Labute approximate surface area is 63.6 Å². The smallest absolute Gasteiger partial charge is 0.0584 e. The quantitative estimate of drug-likeness (QED) is 0.587. The Morgan fingerprint density at radius 2 is 2.00 bits per heavy atom. The molecule has 0 spiro atoms. The van der Waals surface area contributed by atoms with Crippen LogP contribution in [0.5, 0.6) is 0 Å². The summed E-state index contributed by atoms with van der Waals surface area (Å²) in [4.78, 5) is 0. The van der Waals surface area contributed by atoms with E-state index in [1.165, 1.54) is 0 Å². The van der Waals surface area contributed by atoms with Gasteiger partial charge >= 0.3 is 0 Å². The third kappa shape index (κ3) is 4.77. The van der Waals surface area contributed by atoms with Gasteiger partial charge in [-0.05, 0) is 19.4 Å². The van der Waals surface area contributed by atoms with Gasteiger partial charge in [0.15, 0.2) is 0 Å². The molecule has 0 amide bonds. The van der Waals surface area contributed by atoms with Gasteiger partial charge in [-0.15, -0.1) is 0 Å². The van der Waals surface area contributed by atoms with Gasteiger partial charge in [0.25, 0.3) is 0 Å². The van der Waals surface area contributed by atoms with E-state index in [-0.39, 0.29) is 6.61 Å². The molecule has 2 nitrogen and oxygen atoms in total. The van der Waals surface area contributed by atoms with E-state index in [1.54, 1.807) is 0 Å². The van der Waals surface area contributed by atoms with Crippen molar-refractivity contribution in [2.45, 2.75) is 39.2 Å². The van der Waals surface area contributed by atoms with Crippen LogP contribution in [0.2, 0.25) is 0 Å². The monoisotopic (exact) mass is 145 g/mol. The molecule has 0 saturated heterocycles. The van der Waals surface area contributed by atoms with Gasteiger partial charge in [-0.1, -0.05) is 20.3 Å². The van der Waals surface area contributed by atoms with Crippen LogP contribution >= 0.6 is 0 Å². The van der Waals surface area contributed by atoms with Crippen molar-refractivity contribution in [1.29, 1.82) is 0 Å². The van der Waals surface area contributed by atoms with E-state index in [4.69, 9.17) is 5.11 Å². The number of aliphatic hydroxyl groups excluding tert-OH is 1. The van der Waals surface area contributed by atoms with E-state index in [1.807, 2.05) is 0 Å². The van der Waals surface area contributed by atoms with Crippen LogP contribution in [0.4, 0.5) is 0 Å². The largest absolute Gasteiger partial charge is 0.395 e. The van der Waals surface area contributed by atoms with Crippen molar-refractivity contribution in [1.82, 2.24) is 5.32 Å². The van der Waals surface area contributed by atoms with E-state index >= 15 is 0 Å². The average Bonchev–Trinajstić information content (AvgIpc) is 1.98. The molecule has 0 aliphatic rings. The summed E-state index contributed by atoms with van der Waals surface area (Å²) in [5.74, 6) is 0. The van der Waals surface area contributed by atoms with Crippen molar-refractivity contribution >= 4 is 0 Å². The minimum atomic E-state index is 0.272. The second-order valence-electron chi connectivity index (χ2n) is 2.62. The summed E-state index contributed by atoms with van der Waals surface area (Å²) in [5.41, 5.74) is 0. The van der Waals surface area contributed by atoms with Gasteiger partial charge in [-0.25, -0.2) is 0 Å². The van der Waals surface area contributed by atoms with Gasteiger partial charge in [0.1, 0.15) is 0 Å². The first-order valence-electron chi connectivity index (χ1n) is 4.19. The van der Waals surface area contributed by atoms with Gasteiger partial charge in [-0.2, -0.15) is 0 Å². The number of hydrogen-bond donors (Lipinski definition) is 2. The minimum absolute atomic E-state index is 0.272. The highest BCUT2D eigenvalue weighted by atomic mass is 16.3. The van der Waals surface area contributed by atoms with Gasteiger partial charge in [-0.3, -0.25) is 0 Å². The molecule has 0 saturated carbocycles. The van der Waals surface area contributed by atoms with Gasteiger partial charge < -0.3 is 10.4 Å². The molecule has 62 valence electrons. The topological polar surface area (TPSA) is 32.3 Å². The summed E-state index contributed by atoms with van der Waals surface area (Å²) in [6, 6.07) is 0.324. The molecule has 0 aromatic rings. The Hall–Kier alpha value is -0.0800. The van der Waals surface area contributed by atoms with Crippen LogP contribution in [0.15, 0.2) is 0 Å². The lowest BCUT2D eigenvalue weighted by molar-refractivity contribution is 0.235. The normalized spacial score (nSPS) is 13.5. The van der Waals surface area contributed by atoms with Crippen LogP contribution in [-0.2, 0) is 0 Å². The predicted molar refractivity (Wildman–Crippen MR) is 44.1 cm³/mol. The molecular formula is C8H19NO. The minimum Gasteiger partial charge on any atom is -0.395 e. The molecule has 0 fully saturated rings. The molecule has 0 rings (SSSR count). The van der Waals surface area contributed by atoms with E-state index in [9.17, 15) is 0 Å². The maximum absolute atomic E-state index is 8.82. The van der Waals surface area contributed by atoms with Crippen molar-refractivity contribution in [2.24, 2.45) is 0 Å². The molecule has 10 heavy (non-hydrogen) atoms. The zero-order valence-corrected chi connectivity index (χ0v) is 7.06. The average molecular weight is 145 g/mol. The second-order valence-corrected chi connectivity index (χ2v) is 2.62. The molecular weight excluding hydrogens is 126 g/mol. The van der Waals surface area contributed by atoms with Crippen LogP contribution in [-0.4, -0.2) is 24.3 Å². The first-order valence-corrected chi connectivity index (χ1v) is 4.19. The lowest BCUT2D eigenvalue weighted by atomic mass is 10.2. The van der Waals surface area contributed by atoms with Gasteiger partial charge in [0, 0.05) is 6.04 Å². The maximum Gasteiger partial charge on any atom is 0.0584 e. The molecule has 0 aliphatic carbocycles. The Morgan fingerprint density at radius 1 is 1.30 bits per heavy atom. The summed E-state index contributed by atoms with van der Waals surface area (Å²) >= 11 is 0. The van der Waals surface area contributed by atoms with E-state index in [2.05, 4.69) is 19.2 Å². The van der Waals surface area contributed by atoms with Crippen LogP contribution in [0.1, 0.15) is 33.1 Å². The van der Waals surface area contributed by atoms with Crippen molar-refractivity contribution in [2.75, 3.05) is 13.2 Å². The molecule has 0 aromatic carbocycles. The molecule has 1 unspecified atom stereocenters. The standard InChI is InChI=1S/C8H19NO/c1-3-5-8(7-10)9-6-4-2/h8-10H,3-7H2,1-2H3. The molecule has 0 bridgehead atoms. The van der Waals surface area contributed by atoms with Gasteiger partial charge in [0.05, 0.1) is 6.61 Å². The Morgan fingerprint density at radius 3 is 2.40 bits per heavy atom. The zero-order valence-electron chi connectivity index (χ0n) is 7.06. The fourth-order valence-corrected chi connectivity index (χ4v) is 0.955. The number of hydrogen-bond acceptors (Lipinski definition) is 2. The molecule has 2 heteroatoms.